The third-order valence-electron chi connectivity index (χ3n) is 3.03. The monoisotopic (exact) mass is 271 g/mol. The van der Waals surface area contributed by atoms with Crippen LogP contribution in [0.5, 0.6) is 0 Å². The van der Waals surface area contributed by atoms with Gasteiger partial charge in [-0.3, -0.25) is 4.79 Å². The summed E-state index contributed by atoms with van der Waals surface area (Å²) in [5, 5.41) is 0.571. The molecule has 102 valence electrons. The standard InChI is InChI=1S/C13H12F3NO2/c1-7-4-3-5-8-6-9(19-10(7)8)11(18)12(2,17)13(14,15)16/h3-6H,17H2,1-2H3. The van der Waals surface area contributed by atoms with E-state index in [4.69, 9.17) is 10.2 Å². The van der Waals surface area contributed by atoms with E-state index in [0.29, 0.717) is 17.9 Å². The molecule has 0 aliphatic rings. The molecule has 1 aromatic carbocycles. The van der Waals surface area contributed by atoms with Crippen molar-refractivity contribution < 1.29 is 22.4 Å². The van der Waals surface area contributed by atoms with Crippen LogP contribution in [0.1, 0.15) is 23.0 Å². The van der Waals surface area contributed by atoms with Gasteiger partial charge in [-0.05, 0) is 25.5 Å². The predicted octanol–water partition coefficient (Wildman–Crippen LogP) is 3.20. The van der Waals surface area contributed by atoms with Gasteiger partial charge in [0, 0.05) is 5.39 Å². The number of alkyl halides is 3. The van der Waals surface area contributed by atoms with Crippen LogP contribution in [0.25, 0.3) is 11.0 Å². The molecule has 2 rings (SSSR count). The molecule has 0 fully saturated rings. The van der Waals surface area contributed by atoms with Gasteiger partial charge in [0.25, 0.3) is 0 Å². The maximum Gasteiger partial charge on any atom is 0.413 e. The molecule has 1 aromatic heterocycles. The molecule has 6 heteroatoms. The lowest BCUT2D eigenvalue weighted by molar-refractivity contribution is -0.166. The molecular formula is C13H12F3NO2. The normalized spacial score (nSPS) is 15.5. The number of nitrogens with two attached hydrogens (primary N) is 1. The van der Waals surface area contributed by atoms with Gasteiger partial charge in [-0.2, -0.15) is 13.2 Å². The second-order valence-corrected chi connectivity index (χ2v) is 4.63. The average Bonchev–Trinajstić information content (AvgIpc) is 2.71. The molecule has 0 amide bonds. The Kier molecular flexibility index (Phi) is 2.93. The smallest absolute Gasteiger partial charge is 0.413 e. The molecule has 0 bridgehead atoms. The van der Waals surface area contributed by atoms with Crippen molar-refractivity contribution in [1.82, 2.24) is 0 Å². The Morgan fingerprint density at radius 1 is 1.32 bits per heavy atom. The van der Waals surface area contributed by atoms with Crippen molar-refractivity contribution in [2.45, 2.75) is 25.6 Å². The van der Waals surface area contributed by atoms with E-state index in [2.05, 4.69) is 0 Å². The van der Waals surface area contributed by atoms with Crippen molar-refractivity contribution >= 4 is 16.8 Å². The number of fused-ring (bicyclic) bond motifs is 1. The SMILES string of the molecule is Cc1cccc2cc(C(=O)C(C)(N)C(F)(F)F)oc12. The number of halogens is 3. The van der Waals surface area contributed by atoms with E-state index in [-0.39, 0.29) is 5.76 Å². The highest BCUT2D eigenvalue weighted by atomic mass is 19.4. The summed E-state index contributed by atoms with van der Waals surface area (Å²) in [6.07, 6.45) is -4.84. The van der Waals surface area contributed by atoms with E-state index in [1.165, 1.54) is 6.07 Å². The highest BCUT2D eigenvalue weighted by Crippen LogP contribution is 2.32. The Balaban J connectivity index is 2.51. The zero-order chi connectivity index (χ0) is 14.4. The summed E-state index contributed by atoms with van der Waals surface area (Å²) in [4.78, 5) is 11.9. The molecule has 1 atom stereocenters. The average molecular weight is 271 g/mol. The fourth-order valence-electron chi connectivity index (χ4n) is 1.71. The lowest BCUT2D eigenvalue weighted by Crippen LogP contribution is -2.57. The van der Waals surface area contributed by atoms with Crippen molar-refractivity contribution in [3.8, 4) is 0 Å². The van der Waals surface area contributed by atoms with Crippen LogP contribution in [0, 0.1) is 6.92 Å². The summed E-state index contributed by atoms with van der Waals surface area (Å²) in [6, 6.07) is 6.41. The first-order valence-corrected chi connectivity index (χ1v) is 5.54. The van der Waals surface area contributed by atoms with Gasteiger partial charge in [0.1, 0.15) is 5.58 Å². The number of furan rings is 1. The molecule has 0 radical (unpaired) electrons. The number of carbonyl (C=O) groups is 1. The minimum atomic E-state index is -4.84. The zero-order valence-electron chi connectivity index (χ0n) is 10.3. The summed E-state index contributed by atoms with van der Waals surface area (Å²) in [6.45, 7) is 2.38. The Labute approximate surface area is 107 Å². The summed E-state index contributed by atoms with van der Waals surface area (Å²) < 4.78 is 43.4. The fraction of sp³-hybridized carbons (Fsp3) is 0.308. The van der Waals surface area contributed by atoms with E-state index in [1.807, 2.05) is 0 Å². The van der Waals surface area contributed by atoms with Crippen molar-refractivity contribution in [2.75, 3.05) is 0 Å². The minimum absolute atomic E-state index is 0.383. The molecule has 0 aliphatic carbocycles. The highest BCUT2D eigenvalue weighted by molar-refractivity contribution is 6.04. The number of aryl methyl sites for hydroxylation is 1. The Hall–Kier alpha value is -1.82. The maximum atomic E-state index is 12.7. The lowest BCUT2D eigenvalue weighted by Gasteiger charge is -2.24. The van der Waals surface area contributed by atoms with E-state index in [9.17, 15) is 18.0 Å². The van der Waals surface area contributed by atoms with Crippen LogP contribution in [-0.2, 0) is 0 Å². The van der Waals surface area contributed by atoms with Crippen LogP contribution < -0.4 is 5.73 Å². The fourth-order valence-corrected chi connectivity index (χ4v) is 1.71. The number of rotatable bonds is 2. The van der Waals surface area contributed by atoms with Gasteiger partial charge in [-0.1, -0.05) is 18.2 Å². The predicted molar refractivity (Wildman–Crippen MR) is 63.9 cm³/mol. The molecule has 2 N–H and O–H groups in total. The largest absolute Gasteiger partial charge is 0.453 e. The van der Waals surface area contributed by atoms with Crippen molar-refractivity contribution in [2.24, 2.45) is 5.73 Å². The van der Waals surface area contributed by atoms with Crippen LogP contribution in [0.4, 0.5) is 13.2 Å². The number of ketones is 1. The van der Waals surface area contributed by atoms with Crippen molar-refractivity contribution in [1.29, 1.82) is 0 Å². The van der Waals surface area contributed by atoms with Gasteiger partial charge in [-0.15, -0.1) is 0 Å². The van der Waals surface area contributed by atoms with Crippen LogP contribution in [0.3, 0.4) is 0 Å². The zero-order valence-corrected chi connectivity index (χ0v) is 10.3. The summed E-state index contributed by atoms with van der Waals surface area (Å²) in [5.41, 5.74) is 3.26. The summed E-state index contributed by atoms with van der Waals surface area (Å²) in [5.74, 6) is -1.66. The van der Waals surface area contributed by atoms with E-state index in [1.54, 1.807) is 25.1 Å². The van der Waals surface area contributed by atoms with E-state index in [0.717, 1.165) is 5.56 Å². The molecule has 19 heavy (non-hydrogen) atoms. The Morgan fingerprint density at radius 2 is 1.95 bits per heavy atom. The molecule has 3 nitrogen and oxygen atoms in total. The molecule has 2 aromatic rings. The molecule has 0 saturated heterocycles. The van der Waals surface area contributed by atoms with Crippen LogP contribution in [0.15, 0.2) is 28.7 Å². The number of hydrogen-bond acceptors (Lipinski definition) is 3. The molecule has 0 aliphatic heterocycles. The van der Waals surface area contributed by atoms with Crippen molar-refractivity contribution in [3.63, 3.8) is 0 Å². The Bertz CT molecular complexity index is 641. The van der Waals surface area contributed by atoms with Crippen molar-refractivity contribution in [3.05, 3.63) is 35.6 Å². The molecular weight excluding hydrogens is 259 g/mol. The van der Waals surface area contributed by atoms with Gasteiger partial charge < -0.3 is 10.2 Å². The van der Waals surface area contributed by atoms with Crippen LogP contribution in [0.2, 0.25) is 0 Å². The van der Waals surface area contributed by atoms with E-state index < -0.39 is 17.5 Å². The van der Waals surface area contributed by atoms with Gasteiger partial charge in [0.05, 0.1) is 0 Å². The van der Waals surface area contributed by atoms with Gasteiger partial charge in [-0.25, -0.2) is 0 Å². The number of benzene rings is 1. The molecule has 0 saturated carbocycles. The highest BCUT2D eigenvalue weighted by Gasteiger charge is 2.54. The van der Waals surface area contributed by atoms with Gasteiger partial charge >= 0.3 is 6.18 Å². The topological polar surface area (TPSA) is 56.2 Å². The number of hydrogen-bond donors (Lipinski definition) is 1. The first-order chi connectivity index (χ1) is 8.64. The molecule has 1 heterocycles. The Morgan fingerprint density at radius 3 is 2.47 bits per heavy atom. The first kappa shape index (κ1) is 13.6. The second kappa shape index (κ2) is 4.09. The summed E-state index contributed by atoms with van der Waals surface area (Å²) in [7, 11) is 0. The lowest BCUT2D eigenvalue weighted by atomic mass is 9.95. The number of carbonyl (C=O) groups excluding carboxylic acids is 1. The number of Topliss-reactive ketones (excluding diaryl/α,β-unsaturated/α-hetero) is 1. The first-order valence-electron chi connectivity index (χ1n) is 5.54. The van der Waals surface area contributed by atoms with Gasteiger partial charge in [0.15, 0.2) is 11.3 Å². The quantitative estimate of drug-likeness (QED) is 0.853. The van der Waals surface area contributed by atoms with Crippen LogP contribution in [-0.4, -0.2) is 17.5 Å². The third kappa shape index (κ3) is 2.12. The van der Waals surface area contributed by atoms with Crippen LogP contribution >= 0.6 is 0 Å². The maximum absolute atomic E-state index is 12.7. The minimum Gasteiger partial charge on any atom is -0.453 e. The van der Waals surface area contributed by atoms with Gasteiger partial charge in [0.2, 0.25) is 5.78 Å². The summed E-state index contributed by atoms with van der Waals surface area (Å²) >= 11 is 0. The molecule has 1 unspecified atom stereocenters. The number of para-hydroxylation sites is 1. The molecule has 0 spiro atoms. The second-order valence-electron chi connectivity index (χ2n) is 4.63. The third-order valence-corrected chi connectivity index (χ3v) is 3.03. The van der Waals surface area contributed by atoms with E-state index >= 15 is 0 Å².